The van der Waals surface area contributed by atoms with E-state index in [0.29, 0.717) is 6.54 Å². The second-order valence-electron chi connectivity index (χ2n) is 6.56. The lowest BCUT2D eigenvalue weighted by Crippen LogP contribution is -2.25. The first kappa shape index (κ1) is 19.6. The van der Waals surface area contributed by atoms with Crippen LogP contribution in [-0.4, -0.2) is 24.1 Å². The normalized spacial score (nSPS) is 11.0. The number of benzene rings is 3. The Bertz CT molecular complexity index is 840. The van der Waals surface area contributed by atoms with E-state index in [1.165, 1.54) is 28.7 Å². The van der Waals surface area contributed by atoms with Crippen LogP contribution < -0.4 is 5.32 Å². The molecule has 0 unspecified atom stereocenters. The van der Waals surface area contributed by atoms with Gasteiger partial charge in [0.15, 0.2) is 0 Å². The van der Waals surface area contributed by atoms with Crippen molar-refractivity contribution < 1.29 is 9.53 Å². The molecule has 3 nitrogen and oxygen atoms in total. The highest BCUT2D eigenvalue weighted by Gasteiger charge is 2.10. The van der Waals surface area contributed by atoms with Crippen LogP contribution in [0.1, 0.15) is 31.7 Å². The lowest BCUT2D eigenvalue weighted by atomic mass is 9.97. The number of fused-ring (bicyclic) bond motifs is 2. The van der Waals surface area contributed by atoms with Crippen molar-refractivity contribution in [2.75, 3.05) is 18.1 Å². The van der Waals surface area contributed by atoms with Gasteiger partial charge in [0.1, 0.15) is 6.61 Å². The molecule has 27 heavy (non-hydrogen) atoms. The fourth-order valence-electron chi connectivity index (χ4n) is 3.29. The predicted molar refractivity (Wildman–Crippen MR) is 116 cm³/mol. The summed E-state index contributed by atoms with van der Waals surface area (Å²) >= 11 is 1.97. The molecule has 0 fully saturated rings. The van der Waals surface area contributed by atoms with Gasteiger partial charge in [-0.2, -0.15) is 11.8 Å². The van der Waals surface area contributed by atoms with Gasteiger partial charge in [0.05, 0.1) is 0 Å². The molecular weight excluding hydrogens is 354 g/mol. The molecule has 0 heterocycles. The largest absolute Gasteiger partial charge is 0.445 e. The van der Waals surface area contributed by atoms with Gasteiger partial charge in [-0.05, 0) is 52.0 Å². The van der Waals surface area contributed by atoms with Gasteiger partial charge in [0.25, 0.3) is 0 Å². The molecule has 1 N–H and O–H groups in total. The maximum Gasteiger partial charge on any atom is 0.407 e. The van der Waals surface area contributed by atoms with Gasteiger partial charge in [0.2, 0.25) is 0 Å². The number of carbonyl (C=O) groups excluding carboxylic acids is 1. The molecule has 0 saturated heterocycles. The quantitative estimate of drug-likeness (QED) is 0.357. The number of hydrogen-bond donors (Lipinski definition) is 1. The topological polar surface area (TPSA) is 38.3 Å². The van der Waals surface area contributed by atoms with E-state index in [2.05, 4.69) is 42.6 Å². The second-order valence-corrected chi connectivity index (χ2v) is 7.95. The minimum Gasteiger partial charge on any atom is -0.445 e. The van der Waals surface area contributed by atoms with Gasteiger partial charge in [0, 0.05) is 12.1 Å². The Kier molecular flexibility index (Phi) is 7.40. The van der Waals surface area contributed by atoms with Crippen LogP contribution >= 0.6 is 11.8 Å². The molecule has 142 valence electrons. The van der Waals surface area contributed by atoms with Crippen molar-refractivity contribution in [3.63, 3.8) is 0 Å². The van der Waals surface area contributed by atoms with Crippen molar-refractivity contribution in [3.8, 4) is 0 Å². The summed E-state index contributed by atoms with van der Waals surface area (Å²) < 4.78 is 5.54. The first-order valence-electron chi connectivity index (χ1n) is 9.67. The van der Waals surface area contributed by atoms with Crippen LogP contribution in [0.5, 0.6) is 0 Å². The van der Waals surface area contributed by atoms with Gasteiger partial charge in [-0.3, -0.25) is 0 Å². The summed E-state index contributed by atoms with van der Waals surface area (Å²) in [6.45, 7) is 3.13. The number of rotatable bonds is 9. The summed E-state index contributed by atoms with van der Waals surface area (Å²) in [4.78, 5) is 12.1. The number of carbonyl (C=O) groups is 1. The summed E-state index contributed by atoms with van der Waals surface area (Å²) in [7, 11) is 0. The van der Waals surface area contributed by atoms with Crippen LogP contribution in [0.3, 0.4) is 0 Å². The zero-order valence-electron chi connectivity index (χ0n) is 15.9. The maximum atomic E-state index is 12.1. The number of hydrogen-bond acceptors (Lipinski definition) is 3. The third kappa shape index (κ3) is 5.39. The molecule has 4 heteroatoms. The van der Waals surface area contributed by atoms with Crippen LogP contribution in [-0.2, 0) is 11.3 Å². The van der Waals surface area contributed by atoms with Crippen LogP contribution in [0.15, 0.2) is 54.6 Å². The average Bonchev–Trinajstić information content (AvgIpc) is 2.70. The highest BCUT2D eigenvalue weighted by atomic mass is 32.2. The standard InChI is InChI=1S/C23H27NO2S/c1-2-27-15-9-3-8-14-24-23(25)26-17-22-20-12-6-4-10-18(20)16-19-11-5-7-13-21(19)22/h4-7,10-13,16H,2-3,8-9,14-15,17H2,1H3,(H,24,25). The minimum atomic E-state index is -0.338. The van der Waals surface area contributed by atoms with Gasteiger partial charge in [-0.15, -0.1) is 0 Å². The number of ether oxygens (including phenoxy) is 1. The van der Waals surface area contributed by atoms with Crippen LogP contribution in [0.4, 0.5) is 4.79 Å². The Labute approximate surface area is 165 Å². The van der Waals surface area contributed by atoms with Crippen molar-refractivity contribution in [1.82, 2.24) is 5.32 Å². The molecular formula is C23H27NO2S. The summed E-state index contributed by atoms with van der Waals surface area (Å²) in [5.41, 5.74) is 1.07. The third-order valence-corrected chi connectivity index (χ3v) is 5.65. The third-order valence-electron chi connectivity index (χ3n) is 4.67. The average molecular weight is 382 g/mol. The number of nitrogens with one attached hydrogen (secondary N) is 1. The molecule has 0 atom stereocenters. The van der Waals surface area contributed by atoms with Gasteiger partial charge in [-0.1, -0.05) is 61.9 Å². The molecule has 0 bridgehead atoms. The molecule has 1 amide bonds. The summed E-state index contributed by atoms with van der Waals surface area (Å²) in [5, 5.41) is 7.48. The molecule has 0 aliphatic heterocycles. The molecule has 0 aromatic heterocycles. The molecule has 0 aliphatic carbocycles. The summed E-state index contributed by atoms with van der Waals surface area (Å²) in [6, 6.07) is 18.7. The Hall–Kier alpha value is -2.20. The van der Waals surface area contributed by atoms with Crippen molar-refractivity contribution in [2.24, 2.45) is 0 Å². The smallest absolute Gasteiger partial charge is 0.407 e. The van der Waals surface area contributed by atoms with E-state index in [-0.39, 0.29) is 12.7 Å². The zero-order valence-corrected chi connectivity index (χ0v) is 16.7. The number of amides is 1. The van der Waals surface area contributed by atoms with Crippen molar-refractivity contribution in [2.45, 2.75) is 32.8 Å². The molecule has 0 radical (unpaired) electrons. The number of thioether (sulfide) groups is 1. The Morgan fingerprint density at radius 2 is 1.63 bits per heavy atom. The highest BCUT2D eigenvalue weighted by molar-refractivity contribution is 7.99. The monoisotopic (exact) mass is 381 g/mol. The lowest BCUT2D eigenvalue weighted by Gasteiger charge is -2.12. The van der Waals surface area contributed by atoms with Crippen molar-refractivity contribution in [1.29, 1.82) is 0 Å². The van der Waals surface area contributed by atoms with Crippen LogP contribution in [0, 0.1) is 0 Å². The van der Waals surface area contributed by atoms with E-state index >= 15 is 0 Å². The lowest BCUT2D eigenvalue weighted by molar-refractivity contribution is 0.140. The first-order valence-corrected chi connectivity index (χ1v) is 10.8. The highest BCUT2D eigenvalue weighted by Crippen LogP contribution is 2.29. The van der Waals surface area contributed by atoms with Crippen LogP contribution in [0.2, 0.25) is 0 Å². The van der Waals surface area contributed by atoms with Gasteiger partial charge < -0.3 is 10.1 Å². The number of alkyl carbamates (subject to hydrolysis) is 1. The predicted octanol–water partition coefficient (Wildman–Crippen LogP) is 6.14. The fraction of sp³-hybridized carbons (Fsp3) is 0.348. The second kappa shape index (κ2) is 10.2. The van der Waals surface area contributed by atoms with E-state index in [4.69, 9.17) is 4.74 Å². The SMILES string of the molecule is CCSCCCCCNC(=O)OCc1c2ccccc2cc2ccccc12. The van der Waals surface area contributed by atoms with Gasteiger partial charge in [-0.25, -0.2) is 4.79 Å². The van der Waals surface area contributed by atoms with E-state index in [1.807, 2.05) is 36.0 Å². The summed E-state index contributed by atoms with van der Waals surface area (Å²) in [5.74, 6) is 2.38. The van der Waals surface area contributed by atoms with Crippen molar-refractivity contribution in [3.05, 3.63) is 60.2 Å². The molecule has 3 rings (SSSR count). The van der Waals surface area contributed by atoms with E-state index in [0.717, 1.165) is 29.2 Å². The Morgan fingerprint density at radius 3 is 2.30 bits per heavy atom. The van der Waals surface area contributed by atoms with E-state index < -0.39 is 0 Å². The summed E-state index contributed by atoms with van der Waals surface area (Å²) in [6.07, 6.45) is 3.00. The van der Waals surface area contributed by atoms with E-state index in [9.17, 15) is 4.79 Å². The maximum absolute atomic E-state index is 12.1. The van der Waals surface area contributed by atoms with Crippen LogP contribution in [0.25, 0.3) is 21.5 Å². The molecule has 3 aromatic rings. The first-order chi connectivity index (χ1) is 13.3. The fourth-order valence-corrected chi connectivity index (χ4v) is 3.99. The minimum absolute atomic E-state index is 0.279. The molecule has 0 aliphatic rings. The Balaban J connectivity index is 1.58. The van der Waals surface area contributed by atoms with Crippen molar-refractivity contribution >= 4 is 39.4 Å². The molecule has 0 spiro atoms. The van der Waals surface area contributed by atoms with E-state index in [1.54, 1.807) is 0 Å². The molecule has 3 aromatic carbocycles. The number of unbranched alkanes of at least 4 members (excludes halogenated alkanes) is 2. The zero-order chi connectivity index (χ0) is 18.9. The molecule has 0 saturated carbocycles. The Morgan fingerprint density at radius 1 is 0.963 bits per heavy atom. The van der Waals surface area contributed by atoms with Gasteiger partial charge >= 0.3 is 6.09 Å².